The normalized spacial score (nSPS) is 24.1. The monoisotopic (exact) mass is 247 g/mol. The van der Waals surface area contributed by atoms with Crippen molar-refractivity contribution >= 4 is 5.91 Å². The van der Waals surface area contributed by atoms with Crippen LogP contribution in [0.15, 0.2) is 30.3 Å². The lowest BCUT2D eigenvalue weighted by molar-refractivity contribution is -0.125. The van der Waals surface area contributed by atoms with Crippen molar-refractivity contribution in [3.05, 3.63) is 35.9 Å². The average Bonchev–Trinajstić information content (AvgIpc) is 2.35. The largest absolute Gasteiger partial charge is 0.395 e. The zero-order valence-electron chi connectivity index (χ0n) is 10.8. The van der Waals surface area contributed by atoms with Crippen LogP contribution in [0.25, 0.3) is 0 Å². The first-order chi connectivity index (χ1) is 8.74. The number of aliphatic hydroxyl groups excluding tert-OH is 1. The zero-order valence-corrected chi connectivity index (χ0v) is 10.8. The van der Waals surface area contributed by atoms with Crippen LogP contribution in [0.2, 0.25) is 0 Å². The summed E-state index contributed by atoms with van der Waals surface area (Å²) in [5.41, 5.74) is 0.879. The molecule has 0 spiro atoms. The number of benzene rings is 1. The SMILES string of the molecule is CCC1CC(NC(=O)C(CO)c2ccccc2)C1. The molecule has 1 amide bonds. The molecule has 2 N–H and O–H groups in total. The summed E-state index contributed by atoms with van der Waals surface area (Å²) in [7, 11) is 0. The molecule has 0 saturated heterocycles. The lowest BCUT2D eigenvalue weighted by atomic mass is 9.78. The highest BCUT2D eigenvalue weighted by Gasteiger charge is 2.30. The van der Waals surface area contributed by atoms with Gasteiger partial charge in [0, 0.05) is 6.04 Å². The number of aliphatic hydroxyl groups is 1. The highest BCUT2D eigenvalue weighted by Crippen LogP contribution is 2.30. The number of rotatable bonds is 5. The third kappa shape index (κ3) is 2.91. The molecule has 3 heteroatoms. The van der Waals surface area contributed by atoms with Crippen molar-refractivity contribution in [3.63, 3.8) is 0 Å². The van der Waals surface area contributed by atoms with Crippen molar-refractivity contribution in [2.75, 3.05) is 6.61 Å². The highest BCUT2D eigenvalue weighted by molar-refractivity contribution is 5.84. The Morgan fingerprint density at radius 1 is 1.39 bits per heavy atom. The molecule has 0 aliphatic heterocycles. The number of hydrogen-bond donors (Lipinski definition) is 2. The van der Waals surface area contributed by atoms with E-state index in [1.54, 1.807) is 0 Å². The Balaban J connectivity index is 1.91. The second kappa shape index (κ2) is 6.01. The van der Waals surface area contributed by atoms with E-state index >= 15 is 0 Å². The molecule has 1 atom stereocenters. The Kier molecular flexibility index (Phi) is 4.37. The third-order valence-electron chi connectivity index (χ3n) is 3.86. The van der Waals surface area contributed by atoms with Crippen LogP contribution in [0.1, 0.15) is 37.7 Å². The second-order valence-corrected chi connectivity index (χ2v) is 5.10. The van der Waals surface area contributed by atoms with Gasteiger partial charge in [-0.05, 0) is 24.3 Å². The van der Waals surface area contributed by atoms with Crippen LogP contribution < -0.4 is 5.32 Å². The summed E-state index contributed by atoms with van der Waals surface area (Å²) in [5.74, 6) is 0.273. The van der Waals surface area contributed by atoms with Gasteiger partial charge in [-0.15, -0.1) is 0 Å². The van der Waals surface area contributed by atoms with E-state index in [-0.39, 0.29) is 12.5 Å². The van der Waals surface area contributed by atoms with Crippen LogP contribution in [0.3, 0.4) is 0 Å². The molecule has 98 valence electrons. The predicted molar refractivity (Wildman–Crippen MR) is 71.2 cm³/mol. The molecule has 1 aromatic carbocycles. The van der Waals surface area contributed by atoms with Crippen LogP contribution in [-0.2, 0) is 4.79 Å². The van der Waals surface area contributed by atoms with Gasteiger partial charge in [-0.2, -0.15) is 0 Å². The summed E-state index contributed by atoms with van der Waals surface area (Å²) in [6, 6.07) is 9.77. The maximum absolute atomic E-state index is 12.1. The number of hydrogen-bond acceptors (Lipinski definition) is 2. The molecule has 2 rings (SSSR count). The maximum atomic E-state index is 12.1. The summed E-state index contributed by atoms with van der Waals surface area (Å²) in [6.45, 7) is 2.04. The van der Waals surface area contributed by atoms with E-state index in [4.69, 9.17) is 0 Å². The van der Waals surface area contributed by atoms with Crippen LogP contribution >= 0.6 is 0 Å². The van der Waals surface area contributed by atoms with E-state index in [9.17, 15) is 9.90 Å². The maximum Gasteiger partial charge on any atom is 0.230 e. The van der Waals surface area contributed by atoms with Gasteiger partial charge in [-0.1, -0.05) is 43.7 Å². The van der Waals surface area contributed by atoms with Crippen molar-refractivity contribution in [1.82, 2.24) is 5.32 Å². The molecule has 0 heterocycles. The summed E-state index contributed by atoms with van der Waals surface area (Å²) in [5, 5.41) is 12.4. The van der Waals surface area contributed by atoms with Gasteiger partial charge in [-0.3, -0.25) is 4.79 Å². The van der Waals surface area contributed by atoms with Crippen molar-refractivity contribution in [2.45, 2.75) is 38.1 Å². The van der Waals surface area contributed by atoms with Gasteiger partial charge < -0.3 is 10.4 Å². The summed E-state index contributed by atoms with van der Waals surface area (Å²) < 4.78 is 0. The molecule has 1 unspecified atom stereocenters. The number of nitrogens with one attached hydrogen (secondary N) is 1. The van der Waals surface area contributed by atoms with E-state index < -0.39 is 5.92 Å². The molecule has 1 aromatic rings. The smallest absolute Gasteiger partial charge is 0.230 e. The van der Waals surface area contributed by atoms with Gasteiger partial charge in [0.15, 0.2) is 0 Å². The minimum absolute atomic E-state index is 0.0525. The van der Waals surface area contributed by atoms with Crippen LogP contribution in [0.5, 0.6) is 0 Å². The Hall–Kier alpha value is -1.35. The van der Waals surface area contributed by atoms with E-state index in [0.717, 1.165) is 24.3 Å². The molecule has 1 aliphatic rings. The van der Waals surface area contributed by atoms with E-state index in [0.29, 0.717) is 6.04 Å². The molecule has 0 radical (unpaired) electrons. The summed E-state index contributed by atoms with van der Waals surface area (Å²) >= 11 is 0. The van der Waals surface area contributed by atoms with E-state index in [1.807, 2.05) is 30.3 Å². The molecule has 1 saturated carbocycles. The van der Waals surface area contributed by atoms with Crippen molar-refractivity contribution in [2.24, 2.45) is 5.92 Å². The quantitative estimate of drug-likeness (QED) is 0.837. The van der Waals surface area contributed by atoms with Gasteiger partial charge in [-0.25, -0.2) is 0 Å². The summed E-state index contributed by atoms with van der Waals surface area (Å²) in [6.07, 6.45) is 3.35. The van der Waals surface area contributed by atoms with E-state index in [1.165, 1.54) is 6.42 Å². The van der Waals surface area contributed by atoms with Gasteiger partial charge in [0.05, 0.1) is 12.5 Å². The Labute approximate surface area is 108 Å². The Morgan fingerprint density at radius 2 is 2.06 bits per heavy atom. The van der Waals surface area contributed by atoms with Crippen LogP contribution in [-0.4, -0.2) is 23.7 Å². The van der Waals surface area contributed by atoms with Gasteiger partial charge >= 0.3 is 0 Å². The zero-order chi connectivity index (χ0) is 13.0. The molecule has 0 bridgehead atoms. The number of carbonyl (C=O) groups excluding carboxylic acids is 1. The Bertz CT molecular complexity index is 385. The molecule has 0 aromatic heterocycles. The number of amides is 1. The van der Waals surface area contributed by atoms with Crippen molar-refractivity contribution in [3.8, 4) is 0 Å². The molecular weight excluding hydrogens is 226 g/mol. The van der Waals surface area contributed by atoms with E-state index in [2.05, 4.69) is 12.2 Å². The average molecular weight is 247 g/mol. The lowest BCUT2D eigenvalue weighted by Gasteiger charge is -2.36. The van der Waals surface area contributed by atoms with Gasteiger partial charge in [0.1, 0.15) is 0 Å². The fraction of sp³-hybridized carbons (Fsp3) is 0.533. The Morgan fingerprint density at radius 3 is 2.61 bits per heavy atom. The van der Waals surface area contributed by atoms with Crippen LogP contribution in [0, 0.1) is 5.92 Å². The van der Waals surface area contributed by atoms with Crippen molar-refractivity contribution < 1.29 is 9.90 Å². The minimum Gasteiger partial charge on any atom is -0.395 e. The number of carbonyl (C=O) groups is 1. The molecule has 1 fully saturated rings. The summed E-state index contributed by atoms with van der Waals surface area (Å²) in [4.78, 5) is 12.1. The first-order valence-electron chi connectivity index (χ1n) is 6.70. The first kappa shape index (κ1) is 13.1. The third-order valence-corrected chi connectivity index (χ3v) is 3.86. The highest BCUT2D eigenvalue weighted by atomic mass is 16.3. The standard InChI is InChI=1S/C15H21NO2/c1-2-11-8-13(9-11)16-15(18)14(10-17)12-6-4-3-5-7-12/h3-7,11,13-14,17H,2,8-10H2,1H3,(H,16,18). The second-order valence-electron chi connectivity index (χ2n) is 5.10. The van der Waals surface area contributed by atoms with Gasteiger partial charge in [0.25, 0.3) is 0 Å². The molecular formula is C15H21NO2. The fourth-order valence-corrected chi connectivity index (χ4v) is 2.51. The fourth-order valence-electron chi connectivity index (χ4n) is 2.51. The van der Waals surface area contributed by atoms with Gasteiger partial charge in [0.2, 0.25) is 5.91 Å². The molecule has 18 heavy (non-hydrogen) atoms. The molecule has 3 nitrogen and oxygen atoms in total. The lowest BCUT2D eigenvalue weighted by Crippen LogP contribution is -2.46. The topological polar surface area (TPSA) is 49.3 Å². The first-order valence-corrected chi connectivity index (χ1v) is 6.70. The van der Waals surface area contributed by atoms with Crippen LogP contribution in [0.4, 0.5) is 0 Å². The predicted octanol–water partition coefficient (Wildman–Crippen LogP) is 2.07. The minimum atomic E-state index is -0.438. The van der Waals surface area contributed by atoms with Crippen molar-refractivity contribution in [1.29, 1.82) is 0 Å². The molecule has 1 aliphatic carbocycles.